The maximum absolute atomic E-state index is 9.35. The second-order valence-electron chi connectivity index (χ2n) is 4.06. The summed E-state index contributed by atoms with van der Waals surface area (Å²) in [5, 5.41) is 9.35. The summed E-state index contributed by atoms with van der Waals surface area (Å²) in [6, 6.07) is 0. The molecule has 0 rings (SSSR count). The molecule has 0 aliphatic carbocycles. The van der Waals surface area contributed by atoms with E-state index in [0.29, 0.717) is 6.54 Å². The molecule has 0 aromatic rings. The smallest absolute Gasteiger partial charge is 0.0499 e. The zero-order chi connectivity index (χ0) is 10.9. The molecule has 0 aromatic carbocycles. The van der Waals surface area contributed by atoms with Gasteiger partial charge < -0.3 is 15.6 Å². The predicted octanol–water partition coefficient (Wildman–Crippen LogP) is 1.54. The first-order chi connectivity index (χ1) is 6.74. The van der Waals surface area contributed by atoms with Gasteiger partial charge in [-0.05, 0) is 19.3 Å². The summed E-state index contributed by atoms with van der Waals surface area (Å²) >= 11 is 0. The van der Waals surface area contributed by atoms with E-state index in [1.165, 1.54) is 0 Å². The van der Waals surface area contributed by atoms with Gasteiger partial charge in [0.25, 0.3) is 0 Å². The minimum atomic E-state index is -0.0392. The molecule has 0 amide bonds. The number of rotatable bonds is 9. The Labute approximate surface area is 87.6 Å². The highest BCUT2D eigenvalue weighted by molar-refractivity contribution is 4.79. The minimum Gasteiger partial charge on any atom is -0.396 e. The molecule has 0 aromatic heterocycles. The van der Waals surface area contributed by atoms with Gasteiger partial charge in [-0.3, -0.25) is 0 Å². The summed E-state index contributed by atoms with van der Waals surface area (Å²) in [5.41, 5.74) is 5.69. The normalized spacial score (nSPS) is 15.4. The van der Waals surface area contributed by atoms with Crippen molar-refractivity contribution in [2.45, 2.75) is 39.0 Å². The van der Waals surface area contributed by atoms with Gasteiger partial charge in [0.2, 0.25) is 0 Å². The van der Waals surface area contributed by atoms with E-state index >= 15 is 0 Å². The Kier molecular flexibility index (Phi) is 8.14. The van der Waals surface area contributed by atoms with Crippen LogP contribution in [-0.2, 0) is 4.74 Å². The van der Waals surface area contributed by atoms with Crippen molar-refractivity contribution in [2.75, 3.05) is 26.9 Å². The Hall–Kier alpha value is -0.120. The quantitative estimate of drug-likeness (QED) is 0.559. The fraction of sp³-hybridized carbons (Fsp3) is 1.00. The van der Waals surface area contributed by atoms with Crippen molar-refractivity contribution in [3.63, 3.8) is 0 Å². The molecule has 86 valence electrons. The summed E-state index contributed by atoms with van der Waals surface area (Å²) < 4.78 is 4.99. The lowest BCUT2D eigenvalue weighted by molar-refractivity contribution is 0.104. The van der Waals surface area contributed by atoms with Crippen molar-refractivity contribution >= 4 is 0 Å². The molecule has 0 saturated carbocycles. The molecule has 0 radical (unpaired) electrons. The predicted molar refractivity (Wildman–Crippen MR) is 59.2 cm³/mol. The second-order valence-corrected chi connectivity index (χ2v) is 4.06. The van der Waals surface area contributed by atoms with Gasteiger partial charge in [0.05, 0.1) is 0 Å². The largest absolute Gasteiger partial charge is 0.396 e. The number of nitrogens with two attached hydrogens (primary N) is 1. The average molecular weight is 203 g/mol. The molecule has 0 saturated heterocycles. The van der Waals surface area contributed by atoms with Crippen LogP contribution < -0.4 is 5.73 Å². The van der Waals surface area contributed by atoms with Gasteiger partial charge in [-0.15, -0.1) is 0 Å². The first-order valence-corrected chi connectivity index (χ1v) is 5.54. The summed E-state index contributed by atoms with van der Waals surface area (Å²) in [6.07, 6.45) is 5.26. The first kappa shape index (κ1) is 13.9. The van der Waals surface area contributed by atoms with E-state index in [4.69, 9.17) is 10.5 Å². The molecule has 0 aliphatic heterocycles. The third-order valence-corrected chi connectivity index (χ3v) is 2.85. The highest BCUT2D eigenvalue weighted by Gasteiger charge is 2.25. The Balaban J connectivity index is 3.82. The van der Waals surface area contributed by atoms with Crippen molar-refractivity contribution in [1.82, 2.24) is 0 Å². The van der Waals surface area contributed by atoms with Crippen LogP contribution in [0.2, 0.25) is 0 Å². The zero-order valence-corrected chi connectivity index (χ0v) is 9.59. The van der Waals surface area contributed by atoms with Crippen LogP contribution in [0.3, 0.4) is 0 Å². The first-order valence-electron chi connectivity index (χ1n) is 5.54. The molecule has 0 fully saturated rings. The highest BCUT2D eigenvalue weighted by Crippen LogP contribution is 2.28. The van der Waals surface area contributed by atoms with Crippen molar-refractivity contribution in [3.8, 4) is 0 Å². The molecule has 0 bridgehead atoms. The minimum absolute atomic E-state index is 0.0392. The van der Waals surface area contributed by atoms with Crippen LogP contribution in [0.4, 0.5) is 0 Å². The molecule has 3 nitrogen and oxygen atoms in total. The van der Waals surface area contributed by atoms with Crippen LogP contribution in [-0.4, -0.2) is 32.0 Å². The summed E-state index contributed by atoms with van der Waals surface area (Å²) in [5.74, 6) is 0. The SMILES string of the molecule is CCCC(CN)(CO)CCCCOC. The Morgan fingerprint density at radius 3 is 2.43 bits per heavy atom. The highest BCUT2D eigenvalue weighted by atomic mass is 16.5. The van der Waals surface area contributed by atoms with Gasteiger partial charge in [0.15, 0.2) is 0 Å². The number of unbranched alkanes of at least 4 members (excludes halogenated alkanes) is 1. The number of ether oxygens (including phenoxy) is 1. The summed E-state index contributed by atoms with van der Waals surface area (Å²) in [4.78, 5) is 0. The number of aliphatic hydroxyl groups excluding tert-OH is 1. The van der Waals surface area contributed by atoms with Crippen molar-refractivity contribution in [2.24, 2.45) is 11.1 Å². The van der Waals surface area contributed by atoms with Crippen LogP contribution in [0, 0.1) is 5.41 Å². The molecule has 14 heavy (non-hydrogen) atoms. The van der Waals surface area contributed by atoms with E-state index in [1.807, 2.05) is 0 Å². The molecular formula is C11H25NO2. The third kappa shape index (κ3) is 4.94. The third-order valence-electron chi connectivity index (χ3n) is 2.85. The van der Waals surface area contributed by atoms with Crippen molar-refractivity contribution < 1.29 is 9.84 Å². The summed E-state index contributed by atoms with van der Waals surface area (Å²) in [6.45, 7) is 3.74. The average Bonchev–Trinajstić information content (AvgIpc) is 2.23. The molecule has 0 spiro atoms. The number of hydrogen-bond acceptors (Lipinski definition) is 3. The molecule has 3 heteroatoms. The lowest BCUT2D eigenvalue weighted by atomic mass is 9.79. The van der Waals surface area contributed by atoms with Gasteiger partial charge in [-0.1, -0.05) is 19.8 Å². The fourth-order valence-electron chi connectivity index (χ4n) is 1.83. The monoisotopic (exact) mass is 203 g/mol. The van der Waals surface area contributed by atoms with E-state index in [0.717, 1.165) is 38.7 Å². The number of aliphatic hydroxyl groups is 1. The number of methoxy groups -OCH3 is 1. The van der Waals surface area contributed by atoms with Crippen LogP contribution >= 0.6 is 0 Å². The van der Waals surface area contributed by atoms with Gasteiger partial charge >= 0.3 is 0 Å². The van der Waals surface area contributed by atoms with Gasteiger partial charge in [0, 0.05) is 32.3 Å². The molecule has 0 aliphatic rings. The van der Waals surface area contributed by atoms with Crippen LogP contribution in [0.1, 0.15) is 39.0 Å². The maximum atomic E-state index is 9.35. The Morgan fingerprint density at radius 2 is 2.00 bits per heavy atom. The Morgan fingerprint density at radius 1 is 1.29 bits per heavy atom. The molecular weight excluding hydrogens is 178 g/mol. The maximum Gasteiger partial charge on any atom is 0.0499 e. The molecule has 1 unspecified atom stereocenters. The Bertz CT molecular complexity index is 124. The van der Waals surface area contributed by atoms with Crippen molar-refractivity contribution in [3.05, 3.63) is 0 Å². The van der Waals surface area contributed by atoms with E-state index < -0.39 is 0 Å². The lowest BCUT2D eigenvalue weighted by Gasteiger charge is -2.30. The lowest BCUT2D eigenvalue weighted by Crippen LogP contribution is -2.34. The molecule has 1 atom stereocenters. The molecule has 0 heterocycles. The zero-order valence-electron chi connectivity index (χ0n) is 9.59. The standard InChI is InChI=1S/C11H25NO2/c1-3-6-11(9-12,10-13)7-4-5-8-14-2/h13H,3-10,12H2,1-2H3. The molecule has 3 N–H and O–H groups in total. The van der Waals surface area contributed by atoms with Gasteiger partial charge in [0.1, 0.15) is 0 Å². The van der Waals surface area contributed by atoms with Crippen LogP contribution in [0.25, 0.3) is 0 Å². The summed E-state index contributed by atoms with van der Waals surface area (Å²) in [7, 11) is 1.72. The van der Waals surface area contributed by atoms with E-state index in [9.17, 15) is 5.11 Å². The van der Waals surface area contributed by atoms with E-state index in [-0.39, 0.29) is 12.0 Å². The van der Waals surface area contributed by atoms with Crippen molar-refractivity contribution in [1.29, 1.82) is 0 Å². The van der Waals surface area contributed by atoms with E-state index in [1.54, 1.807) is 7.11 Å². The van der Waals surface area contributed by atoms with Crippen LogP contribution in [0.15, 0.2) is 0 Å². The second kappa shape index (κ2) is 8.21. The van der Waals surface area contributed by atoms with Crippen LogP contribution in [0.5, 0.6) is 0 Å². The number of hydrogen-bond donors (Lipinski definition) is 2. The topological polar surface area (TPSA) is 55.5 Å². The van der Waals surface area contributed by atoms with E-state index in [2.05, 4.69) is 6.92 Å². The van der Waals surface area contributed by atoms with Gasteiger partial charge in [-0.25, -0.2) is 0 Å². The van der Waals surface area contributed by atoms with Gasteiger partial charge in [-0.2, -0.15) is 0 Å². The fourth-order valence-corrected chi connectivity index (χ4v) is 1.83.